The quantitative estimate of drug-likeness (QED) is 0.866. The second-order valence-electron chi connectivity index (χ2n) is 4.17. The van der Waals surface area contributed by atoms with Crippen molar-refractivity contribution >= 4 is 0 Å². The van der Waals surface area contributed by atoms with Crippen molar-refractivity contribution in [1.82, 2.24) is 0 Å². The summed E-state index contributed by atoms with van der Waals surface area (Å²) in [5.74, 6) is 7.43. The summed E-state index contributed by atoms with van der Waals surface area (Å²) in [6.07, 6.45) is 0. The molecule has 0 bridgehead atoms. The van der Waals surface area contributed by atoms with E-state index in [9.17, 15) is 0 Å². The van der Waals surface area contributed by atoms with E-state index in [0.29, 0.717) is 13.2 Å². The largest absolute Gasteiger partial charge is 0.497 e. The molecule has 20 heavy (non-hydrogen) atoms. The lowest BCUT2D eigenvalue weighted by Crippen LogP contribution is -1.96. The number of benzene rings is 2. The van der Waals surface area contributed by atoms with Crippen molar-refractivity contribution in [2.45, 2.75) is 6.61 Å². The number of rotatable bonds is 4. The van der Waals surface area contributed by atoms with E-state index in [1.807, 2.05) is 48.5 Å². The highest BCUT2D eigenvalue weighted by molar-refractivity contribution is 5.40. The van der Waals surface area contributed by atoms with Crippen LogP contribution < -0.4 is 15.2 Å². The van der Waals surface area contributed by atoms with Gasteiger partial charge >= 0.3 is 0 Å². The van der Waals surface area contributed by atoms with Gasteiger partial charge < -0.3 is 15.2 Å². The highest BCUT2D eigenvalue weighted by atomic mass is 16.5. The lowest BCUT2D eigenvalue weighted by molar-refractivity contribution is 0.305. The number of hydrogen-bond acceptors (Lipinski definition) is 3. The zero-order chi connectivity index (χ0) is 14.2. The van der Waals surface area contributed by atoms with Crippen molar-refractivity contribution in [3.63, 3.8) is 0 Å². The Morgan fingerprint density at radius 3 is 2.65 bits per heavy atom. The third-order valence-corrected chi connectivity index (χ3v) is 2.71. The SMILES string of the molecule is COc1cccc(COc2cccc(C#CCN)c2)c1. The van der Waals surface area contributed by atoms with Gasteiger partial charge in [0, 0.05) is 5.56 Å². The van der Waals surface area contributed by atoms with Gasteiger partial charge in [-0.05, 0) is 35.9 Å². The van der Waals surface area contributed by atoms with Crippen molar-refractivity contribution in [2.24, 2.45) is 5.73 Å². The maximum atomic E-state index is 5.76. The van der Waals surface area contributed by atoms with Crippen LogP contribution in [0.1, 0.15) is 11.1 Å². The fourth-order valence-electron chi connectivity index (χ4n) is 1.75. The molecule has 0 aliphatic heterocycles. The summed E-state index contributed by atoms with van der Waals surface area (Å²) >= 11 is 0. The molecule has 0 saturated heterocycles. The van der Waals surface area contributed by atoms with Crippen LogP contribution in [0.25, 0.3) is 0 Å². The molecular weight excluding hydrogens is 250 g/mol. The first-order valence-electron chi connectivity index (χ1n) is 6.36. The molecular formula is C17H17NO2. The van der Waals surface area contributed by atoms with Gasteiger partial charge in [-0.1, -0.05) is 30.0 Å². The lowest BCUT2D eigenvalue weighted by atomic mass is 10.2. The van der Waals surface area contributed by atoms with Crippen LogP contribution in [0.4, 0.5) is 0 Å². The Morgan fingerprint density at radius 2 is 1.85 bits per heavy atom. The van der Waals surface area contributed by atoms with Crippen LogP contribution >= 0.6 is 0 Å². The highest BCUT2D eigenvalue weighted by Gasteiger charge is 1.99. The van der Waals surface area contributed by atoms with Crippen LogP contribution in [0.5, 0.6) is 11.5 Å². The molecule has 0 aliphatic rings. The summed E-state index contributed by atoms with van der Waals surface area (Å²) in [4.78, 5) is 0. The first-order valence-corrected chi connectivity index (χ1v) is 6.36. The van der Waals surface area contributed by atoms with Gasteiger partial charge in [0.1, 0.15) is 18.1 Å². The molecule has 0 radical (unpaired) electrons. The molecule has 102 valence electrons. The monoisotopic (exact) mass is 267 g/mol. The fourth-order valence-corrected chi connectivity index (χ4v) is 1.75. The van der Waals surface area contributed by atoms with E-state index >= 15 is 0 Å². The molecule has 0 saturated carbocycles. The summed E-state index contributed by atoms with van der Waals surface area (Å²) in [5.41, 5.74) is 7.32. The third-order valence-electron chi connectivity index (χ3n) is 2.71. The molecule has 2 aromatic rings. The molecule has 2 N–H and O–H groups in total. The molecule has 2 aromatic carbocycles. The van der Waals surface area contributed by atoms with Crippen LogP contribution in [-0.2, 0) is 6.61 Å². The number of nitrogens with two attached hydrogens (primary N) is 1. The van der Waals surface area contributed by atoms with Gasteiger partial charge in [0.2, 0.25) is 0 Å². The normalized spacial score (nSPS) is 9.50. The predicted octanol–water partition coefficient (Wildman–Crippen LogP) is 2.58. The first kappa shape index (κ1) is 14.0. The van der Waals surface area contributed by atoms with E-state index in [1.165, 1.54) is 0 Å². The highest BCUT2D eigenvalue weighted by Crippen LogP contribution is 2.17. The zero-order valence-electron chi connectivity index (χ0n) is 11.4. The van der Waals surface area contributed by atoms with E-state index in [4.69, 9.17) is 15.2 Å². The Morgan fingerprint density at radius 1 is 1.05 bits per heavy atom. The van der Waals surface area contributed by atoms with E-state index in [2.05, 4.69) is 11.8 Å². The van der Waals surface area contributed by atoms with Crippen LogP contribution in [0.3, 0.4) is 0 Å². The standard InChI is InChI=1S/C17H17NO2/c1-19-16-8-3-6-15(12-16)13-20-17-9-2-5-14(11-17)7-4-10-18/h2-3,5-6,8-9,11-12H,10,13,18H2,1H3. The molecule has 0 heterocycles. The fraction of sp³-hybridized carbons (Fsp3) is 0.176. The second kappa shape index (κ2) is 7.22. The van der Waals surface area contributed by atoms with Gasteiger partial charge in [0.15, 0.2) is 0 Å². The number of hydrogen-bond donors (Lipinski definition) is 1. The van der Waals surface area contributed by atoms with Crippen LogP contribution in [0, 0.1) is 11.8 Å². The Hall–Kier alpha value is -2.44. The topological polar surface area (TPSA) is 44.5 Å². The van der Waals surface area contributed by atoms with Gasteiger partial charge in [-0.25, -0.2) is 0 Å². The molecule has 2 rings (SSSR count). The minimum Gasteiger partial charge on any atom is -0.497 e. The minimum atomic E-state index is 0.356. The Labute approximate surface area is 119 Å². The molecule has 0 aliphatic carbocycles. The van der Waals surface area contributed by atoms with Gasteiger partial charge in [0.25, 0.3) is 0 Å². The molecule has 0 unspecified atom stereocenters. The number of ether oxygens (including phenoxy) is 2. The first-order chi connectivity index (χ1) is 9.81. The van der Waals surface area contributed by atoms with Crippen molar-refractivity contribution in [3.8, 4) is 23.3 Å². The Balaban J connectivity index is 2.03. The number of methoxy groups -OCH3 is 1. The maximum absolute atomic E-state index is 5.76. The molecule has 0 atom stereocenters. The lowest BCUT2D eigenvalue weighted by Gasteiger charge is -2.08. The molecule has 0 spiro atoms. The predicted molar refractivity (Wildman–Crippen MR) is 79.7 cm³/mol. The van der Waals surface area contributed by atoms with Gasteiger partial charge in [-0.15, -0.1) is 0 Å². The Kier molecular flexibility index (Phi) is 5.05. The summed E-state index contributed by atoms with van der Waals surface area (Å²) in [6, 6.07) is 15.5. The van der Waals surface area contributed by atoms with Gasteiger partial charge in [0.05, 0.1) is 13.7 Å². The van der Waals surface area contributed by atoms with E-state index in [0.717, 1.165) is 22.6 Å². The van der Waals surface area contributed by atoms with Gasteiger partial charge in [-0.3, -0.25) is 0 Å². The summed E-state index contributed by atoms with van der Waals surface area (Å²) in [5, 5.41) is 0. The van der Waals surface area contributed by atoms with E-state index in [1.54, 1.807) is 7.11 Å². The summed E-state index contributed by atoms with van der Waals surface area (Å²) < 4.78 is 10.9. The Bertz CT molecular complexity index is 626. The smallest absolute Gasteiger partial charge is 0.121 e. The zero-order valence-corrected chi connectivity index (χ0v) is 11.4. The molecule has 0 aromatic heterocycles. The van der Waals surface area contributed by atoms with Crippen LogP contribution in [0.2, 0.25) is 0 Å². The minimum absolute atomic E-state index is 0.356. The average molecular weight is 267 g/mol. The molecule has 0 amide bonds. The van der Waals surface area contributed by atoms with Crippen LogP contribution in [0.15, 0.2) is 48.5 Å². The molecule has 3 nitrogen and oxygen atoms in total. The second-order valence-corrected chi connectivity index (χ2v) is 4.17. The van der Waals surface area contributed by atoms with Gasteiger partial charge in [-0.2, -0.15) is 0 Å². The van der Waals surface area contributed by atoms with Crippen LogP contribution in [-0.4, -0.2) is 13.7 Å². The average Bonchev–Trinajstić information content (AvgIpc) is 2.51. The summed E-state index contributed by atoms with van der Waals surface area (Å²) in [6.45, 7) is 0.847. The molecule has 3 heteroatoms. The third kappa shape index (κ3) is 4.04. The van der Waals surface area contributed by atoms with E-state index in [-0.39, 0.29) is 0 Å². The summed E-state index contributed by atoms with van der Waals surface area (Å²) in [7, 11) is 1.65. The molecule has 0 fully saturated rings. The van der Waals surface area contributed by atoms with Crippen molar-refractivity contribution < 1.29 is 9.47 Å². The van der Waals surface area contributed by atoms with Crippen molar-refractivity contribution in [1.29, 1.82) is 0 Å². The van der Waals surface area contributed by atoms with E-state index < -0.39 is 0 Å². The maximum Gasteiger partial charge on any atom is 0.121 e. The van der Waals surface area contributed by atoms with Crippen molar-refractivity contribution in [3.05, 3.63) is 59.7 Å². The van der Waals surface area contributed by atoms with Crippen molar-refractivity contribution in [2.75, 3.05) is 13.7 Å².